The Morgan fingerprint density at radius 1 is 0.902 bits per heavy atom. The molecule has 1 aromatic heterocycles. The van der Waals surface area contributed by atoms with E-state index >= 15 is 0 Å². The number of aryl methyl sites for hydroxylation is 3. The number of hydrogen-bond acceptors (Lipinski definition) is 7. The van der Waals surface area contributed by atoms with Crippen LogP contribution in [0.25, 0.3) is 5.69 Å². The van der Waals surface area contributed by atoms with Crippen molar-refractivity contribution in [2.24, 2.45) is 4.99 Å². The molecule has 1 unspecified atom stereocenters. The quantitative estimate of drug-likeness (QED) is 0.218. The lowest BCUT2D eigenvalue weighted by Crippen LogP contribution is -2.40. The Kier molecular flexibility index (Phi) is 8.83. The number of rotatable bonds is 11. The number of sulfonamides is 1. The molecule has 41 heavy (non-hydrogen) atoms. The van der Waals surface area contributed by atoms with Crippen molar-refractivity contribution in [2.45, 2.75) is 38.3 Å². The fourth-order valence-corrected chi connectivity index (χ4v) is 7.55. The predicted molar refractivity (Wildman–Crippen MR) is 165 cm³/mol. The molecule has 0 spiro atoms. The van der Waals surface area contributed by atoms with Crippen molar-refractivity contribution in [3.63, 3.8) is 0 Å². The van der Waals surface area contributed by atoms with Crippen LogP contribution < -0.4 is 15.6 Å². The van der Waals surface area contributed by atoms with Gasteiger partial charge in [0.15, 0.2) is 9.84 Å². The number of aliphatic imine (C=N–C) groups is 1. The summed E-state index contributed by atoms with van der Waals surface area (Å²) >= 11 is 0. The maximum absolute atomic E-state index is 13.2. The third-order valence-electron chi connectivity index (χ3n) is 6.55. The van der Waals surface area contributed by atoms with Crippen molar-refractivity contribution >= 4 is 43.1 Å². The minimum absolute atomic E-state index is 0.141. The molecule has 3 N–H and O–H groups in total. The second kappa shape index (κ2) is 12.1. The number of para-hydroxylation sites is 2. The van der Waals surface area contributed by atoms with Gasteiger partial charge in [0.1, 0.15) is 0 Å². The summed E-state index contributed by atoms with van der Waals surface area (Å²) in [5.74, 6) is 0. The van der Waals surface area contributed by atoms with E-state index in [0.717, 1.165) is 29.5 Å². The lowest BCUT2D eigenvalue weighted by Gasteiger charge is -2.21. The number of H-pyrrole nitrogens is 1. The largest absolute Gasteiger partial charge is 0.355 e. The number of nitrogens with one attached hydrogen (secondary N) is 3. The summed E-state index contributed by atoms with van der Waals surface area (Å²) in [6, 6.07) is 20.7. The van der Waals surface area contributed by atoms with Gasteiger partial charge in [-0.2, -0.15) is 0 Å². The molecule has 0 bridgehead atoms. The second-order valence-electron chi connectivity index (χ2n) is 9.54. The van der Waals surface area contributed by atoms with Gasteiger partial charge in [0, 0.05) is 29.5 Å². The van der Waals surface area contributed by atoms with E-state index in [9.17, 15) is 21.6 Å². The van der Waals surface area contributed by atoms with E-state index in [0.29, 0.717) is 29.1 Å². The molecule has 0 amide bonds. The van der Waals surface area contributed by atoms with Crippen molar-refractivity contribution in [1.82, 2.24) is 9.78 Å². The maximum Gasteiger partial charge on any atom is 0.280 e. The number of anilines is 2. The highest BCUT2D eigenvalue weighted by Gasteiger charge is 2.35. The molecule has 0 aliphatic rings. The van der Waals surface area contributed by atoms with Crippen LogP contribution in [0.2, 0.25) is 0 Å². The van der Waals surface area contributed by atoms with Crippen LogP contribution in [0.3, 0.4) is 0 Å². The molecule has 4 rings (SSSR count). The smallest absolute Gasteiger partial charge is 0.280 e. The predicted octanol–water partition coefficient (Wildman–Crippen LogP) is 4.53. The van der Waals surface area contributed by atoms with E-state index in [4.69, 9.17) is 0 Å². The first-order valence-corrected chi connectivity index (χ1v) is 16.5. The van der Waals surface area contributed by atoms with Crippen LogP contribution in [0.5, 0.6) is 0 Å². The minimum Gasteiger partial charge on any atom is -0.355 e. The van der Waals surface area contributed by atoms with E-state index in [1.807, 2.05) is 38.1 Å². The van der Waals surface area contributed by atoms with Gasteiger partial charge in [-0.1, -0.05) is 50.2 Å². The zero-order valence-electron chi connectivity index (χ0n) is 23.2. The van der Waals surface area contributed by atoms with Crippen LogP contribution in [0.15, 0.2) is 82.6 Å². The van der Waals surface area contributed by atoms with Gasteiger partial charge in [-0.05, 0) is 67.3 Å². The van der Waals surface area contributed by atoms with Gasteiger partial charge in [-0.15, -0.1) is 0 Å². The van der Waals surface area contributed by atoms with Gasteiger partial charge in [-0.3, -0.25) is 19.6 Å². The van der Waals surface area contributed by atoms with Crippen molar-refractivity contribution in [3.05, 3.63) is 106 Å². The molecule has 0 aliphatic heterocycles. The van der Waals surface area contributed by atoms with Gasteiger partial charge in [0.25, 0.3) is 20.3 Å². The minimum atomic E-state index is -4.43. The van der Waals surface area contributed by atoms with Crippen molar-refractivity contribution in [1.29, 1.82) is 0 Å². The SMILES string of the molecule is CCc1ccccc1N=Cc1c(C)[nH]n(-c2ccc(NS(=O)(=O)C(Nc3ccccc3CC)S(C)(=O)=O)cc2)c1=O. The summed E-state index contributed by atoms with van der Waals surface area (Å²) in [6.07, 6.45) is 3.80. The number of hydrogen-bond donors (Lipinski definition) is 3. The molecule has 0 radical (unpaired) electrons. The summed E-state index contributed by atoms with van der Waals surface area (Å²) < 4.78 is 53.3. The highest BCUT2D eigenvalue weighted by molar-refractivity contribution is 8.09. The zero-order valence-corrected chi connectivity index (χ0v) is 24.9. The fraction of sp³-hybridized carbons (Fsp3) is 0.241. The molecule has 0 saturated carbocycles. The molecule has 1 atom stereocenters. The third kappa shape index (κ3) is 6.77. The van der Waals surface area contributed by atoms with Crippen LogP contribution >= 0.6 is 0 Å². The van der Waals surface area contributed by atoms with Gasteiger partial charge in [0.2, 0.25) is 0 Å². The molecule has 3 aromatic carbocycles. The first-order chi connectivity index (χ1) is 19.4. The Hall–Kier alpha value is -4.16. The average molecular weight is 596 g/mol. The van der Waals surface area contributed by atoms with Crippen LogP contribution in [-0.2, 0) is 32.7 Å². The molecule has 4 aromatic rings. The second-order valence-corrected chi connectivity index (χ2v) is 13.7. The molecule has 0 fully saturated rings. The first kappa shape index (κ1) is 29.8. The molecular weight excluding hydrogens is 562 g/mol. The van der Waals surface area contributed by atoms with E-state index in [1.165, 1.54) is 23.0 Å². The number of aromatic nitrogens is 2. The molecule has 0 saturated heterocycles. The molecule has 10 nitrogen and oxygen atoms in total. The monoisotopic (exact) mass is 595 g/mol. The van der Waals surface area contributed by atoms with Crippen molar-refractivity contribution in [3.8, 4) is 5.69 Å². The fourth-order valence-electron chi connectivity index (χ4n) is 4.37. The normalized spacial score (nSPS) is 12.9. The summed E-state index contributed by atoms with van der Waals surface area (Å²) in [7, 11) is -8.51. The number of sulfone groups is 1. The lowest BCUT2D eigenvalue weighted by atomic mass is 10.1. The highest BCUT2D eigenvalue weighted by atomic mass is 32.3. The number of aromatic amines is 1. The van der Waals surface area contributed by atoms with Gasteiger partial charge in [0.05, 0.1) is 16.9 Å². The number of benzene rings is 3. The molecule has 1 heterocycles. The average Bonchev–Trinajstić information content (AvgIpc) is 3.22. The Bertz CT molecular complexity index is 1840. The summed E-state index contributed by atoms with van der Waals surface area (Å²) in [4.78, 5) is 17.7. The molecular formula is C29H33N5O5S2. The summed E-state index contributed by atoms with van der Waals surface area (Å²) in [6.45, 7) is 5.70. The topological polar surface area (TPSA) is 142 Å². The maximum atomic E-state index is 13.2. The zero-order chi connectivity index (χ0) is 29.8. The Morgan fingerprint density at radius 3 is 2.15 bits per heavy atom. The third-order valence-corrected chi connectivity index (χ3v) is 10.5. The van der Waals surface area contributed by atoms with Crippen LogP contribution in [0.4, 0.5) is 17.1 Å². The molecule has 216 valence electrons. The Morgan fingerprint density at radius 2 is 1.51 bits per heavy atom. The van der Waals surface area contributed by atoms with Crippen molar-refractivity contribution < 1.29 is 16.8 Å². The number of nitrogens with zero attached hydrogens (tertiary/aromatic N) is 2. The van der Waals surface area contributed by atoms with Crippen LogP contribution in [0.1, 0.15) is 36.2 Å². The van der Waals surface area contributed by atoms with Crippen molar-refractivity contribution in [2.75, 3.05) is 16.3 Å². The summed E-state index contributed by atoms with van der Waals surface area (Å²) in [5.41, 5.74) is 4.37. The molecule has 0 aliphatic carbocycles. The highest BCUT2D eigenvalue weighted by Crippen LogP contribution is 2.23. The lowest BCUT2D eigenvalue weighted by molar-refractivity contribution is 0.585. The Balaban J connectivity index is 1.58. The molecule has 12 heteroatoms. The van der Waals surface area contributed by atoms with E-state index < -0.39 is 24.6 Å². The first-order valence-electron chi connectivity index (χ1n) is 13.0. The standard InChI is InChI=1S/C29H33N5O5S2/c1-5-21-11-7-9-13-26(21)30-19-25-20(3)32-34(28(25)35)24-17-15-23(16-18-24)33-41(38,39)29(40(4,36)37)31-27-14-10-8-12-22(27)6-2/h7-19,29,31-33H,5-6H2,1-4H3. The van der Waals surface area contributed by atoms with Crippen LogP contribution in [0, 0.1) is 6.92 Å². The van der Waals surface area contributed by atoms with Gasteiger partial charge < -0.3 is 5.32 Å². The van der Waals surface area contributed by atoms with E-state index in [-0.39, 0.29) is 11.2 Å². The van der Waals surface area contributed by atoms with Crippen LogP contribution in [-0.4, -0.2) is 43.8 Å². The summed E-state index contributed by atoms with van der Waals surface area (Å²) in [5, 5.41) is 5.71. The Labute approximate surface area is 240 Å². The van der Waals surface area contributed by atoms with E-state index in [1.54, 1.807) is 43.3 Å². The van der Waals surface area contributed by atoms with E-state index in [2.05, 4.69) is 20.1 Å². The van der Waals surface area contributed by atoms with Gasteiger partial charge in [-0.25, -0.2) is 21.5 Å². The van der Waals surface area contributed by atoms with Gasteiger partial charge >= 0.3 is 0 Å².